The van der Waals surface area contributed by atoms with Gasteiger partial charge in [0.2, 0.25) is 5.91 Å². The number of hydrogen-bond acceptors (Lipinski definition) is 2. The Morgan fingerprint density at radius 3 is 2.10 bits per heavy atom. The number of nitrogens with one attached hydrogen (secondary N) is 1. The third-order valence-electron chi connectivity index (χ3n) is 3.04. The zero-order valence-electron chi connectivity index (χ0n) is 13.5. The van der Waals surface area contributed by atoms with Crippen molar-refractivity contribution in [2.75, 3.05) is 5.32 Å². The van der Waals surface area contributed by atoms with E-state index in [0.717, 1.165) is 5.69 Å². The second kappa shape index (κ2) is 6.66. The van der Waals surface area contributed by atoms with E-state index >= 15 is 0 Å². The van der Waals surface area contributed by atoms with Gasteiger partial charge in [0.1, 0.15) is 0 Å². The molecule has 0 saturated heterocycles. The highest BCUT2D eigenvalue weighted by Gasteiger charge is 2.21. The number of hydrogen-bond donors (Lipinski definition) is 1. The molecule has 0 aromatic heterocycles. The van der Waals surface area contributed by atoms with Gasteiger partial charge in [-0.3, -0.25) is 4.79 Å². The lowest BCUT2D eigenvalue weighted by molar-refractivity contribution is -0.123. The molecule has 0 radical (unpaired) electrons. The van der Waals surface area contributed by atoms with Crippen LogP contribution in [0.15, 0.2) is 29.2 Å². The van der Waals surface area contributed by atoms with Crippen LogP contribution in [0.4, 0.5) is 5.69 Å². The van der Waals surface area contributed by atoms with Gasteiger partial charge in [0.15, 0.2) is 0 Å². The minimum atomic E-state index is -0.365. The van der Waals surface area contributed by atoms with Gasteiger partial charge in [-0.1, -0.05) is 48.0 Å². The summed E-state index contributed by atoms with van der Waals surface area (Å²) in [6.07, 6.45) is 2.39. The monoisotopic (exact) mass is 293 g/mol. The highest BCUT2D eigenvalue weighted by atomic mass is 32.2. The first-order valence-electron chi connectivity index (χ1n) is 7.24. The summed E-state index contributed by atoms with van der Waals surface area (Å²) in [7, 11) is 0. The van der Waals surface area contributed by atoms with E-state index in [-0.39, 0.29) is 16.1 Å². The highest BCUT2D eigenvalue weighted by Crippen LogP contribution is 2.36. The minimum Gasteiger partial charge on any atom is -0.326 e. The number of amides is 1. The Balaban J connectivity index is 2.68. The third-order valence-corrected chi connectivity index (χ3v) is 4.30. The van der Waals surface area contributed by atoms with Crippen LogP contribution in [0, 0.1) is 5.41 Å². The van der Waals surface area contributed by atoms with Gasteiger partial charge in [0, 0.05) is 20.7 Å². The second-order valence-electron chi connectivity index (χ2n) is 6.84. The van der Waals surface area contributed by atoms with Crippen LogP contribution in [-0.2, 0) is 4.79 Å². The first-order valence-corrected chi connectivity index (χ1v) is 8.06. The van der Waals surface area contributed by atoms with Gasteiger partial charge in [0.05, 0.1) is 0 Å². The predicted molar refractivity (Wildman–Crippen MR) is 89.4 cm³/mol. The Morgan fingerprint density at radius 1 is 1.10 bits per heavy atom. The van der Waals surface area contributed by atoms with E-state index in [9.17, 15) is 4.79 Å². The van der Waals surface area contributed by atoms with Crippen LogP contribution in [0.5, 0.6) is 0 Å². The SMILES string of the molecule is CCCC(C)(C)Sc1ccc(NC(=O)C(C)(C)C)cc1. The number of carbonyl (C=O) groups excluding carboxylic acids is 1. The molecule has 0 fully saturated rings. The Hall–Kier alpha value is -0.960. The average molecular weight is 293 g/mol. The maximum Gasteiger partial charge on any atom is 0.229 e. The number of benzene rings is 1. The van der Waals surface area contributed by atoms with Crippen LogP contribution in [0.25, 0.3) is 0 Å². The summed E-state index contributed by atoms with van der Waals surface area (Å²) in [4.78, 5) is 13.2. The molecule has 1 aromatic carbocycles. The van der Waals surface area contributed by atoms with E-state index in [0.29, 0.717) is 0 Å². The maximum atomic E-state index is 11.9. The van der Waals surface area contributed by atoms with E-state index in [1.54, 1.807) is 0 Å². The fraction of sp³-hybridized carbons (Fsp3) is 0.588. The molecule has 0 aliphatic carbocycles. The summed E-state index contributed by atoms with van der Waals surface area (Å²) < 4.78 is 0.255. The Labute approximate surface area is 127 Å². The molecular weight excluding hydrogens is 266 g/mol. The van der Waals surface area contributed by atoms with Gasteiger partial charge >= 0.3 is 0 Å². The van der Waals surface area contributed by atoms with E-state index in [4.69, 9.17) is 0 Å². The van der Waals surface area contributed by atoms with E-state index in [1.807, 2.05) is 44.7 Å². The zero-order valence-corrected chi connectivity index (χ0v) is 14.4. The van der Waals surface area contributed by atoms with Crippen LogP contribution in [0.1, 0.15) is 54.4 Å². The minimum absolute atomic E-state index is 0.0456. The van der Waals surface area contributed by atoms with Crippen molar-refractivity contribution >= 4 is 23.4 Å². The third kappa shape index (κ3) is 5.58. The summed E-state index contributed by atoms with van der Waals surface area (Å²) in [5.74, 6) is 0.0456. The number of thioether (sulfide) groups is 1. The van der Waals surface area contributed by atoms with Crippen molar-refractivity contribution < 1.29 is 4.79 Å². The van der Waals surface area contributed by atoms with Crippen LogP contribution in [0.3, 0.4) is 0 Å². The molecule has 1 rings (SSSR count). The lowest BCUT2D eigenvalue weighted by Crippen LogP contribution is -2.27. The molecule has 0 heterocycles. The molecule has 20 heavy (non-hydrogen) atoms. The van der Waals surface area contributed by atoms with Crippen molar-refractivity contribution in [2.45, 2.75) is 64.0 Å². The second-order valence-corrected chi connectivity index (χ2v) is 8.62. The van der Waals surface area contributed by atoms with Gasteiger partial charge in [-0.2, -0.15) is 0 Å². The summed E-state index contributed by atoms with van der Waals surface area (Å²) in [5.41, 5.74) is 0.499. The Bertz CT molecular complexity index is 443. The Morgan fingerprint density at radius 2 is 1.65 bits per heavy atom. The van der Waals surface area contributed by atoms with Crippen LogP contribution >= 0.6 is 11.8 Å². The van der Waals surface area contributed by atoms with Gasteiger partial charge in [-0.05, 0) is 30.7 Å². The molecular formula is C17H27NOS. The molecule has 1 amide bonds. The first kappa shape index (κ1) is 17.1. The summed E-state index contributed by atoms with van der Waals surface area (Å²) in [5, 5.41) is 2.95. The van der Waals surface area contributed by atoms with E-state index < -0.39 is 0 Å². The van der Waals surface area contributed by atoms with Crippen LogP contribution < -0.4 is 5.32 Å². The Kier molecular flexibility index (Phi) is 5.69. The molecule has 0 atom stereocenters. The van der Waals surface area contributed by atoms with Gasteiger partial charge in [-0.25, -0.2) is 0 Å². The largest absolute Gasteiger partial charge is 0.326 e. The van der Waals surface area contributed by atoms with E-state index in [1.165, 1.54) is 17.7 Å². The number of rotatable bonds is 5. The molecule has 0 bridgehead atoms. The summed E-state index contributed by atoms with van der Waals surface area (Å²) in [6, 6.07) is 8.13. The van der Waals surface area contributed by atoms with Crippen LogP contribution in [-0.4, -0.2) is 10.7 Å². The highest BCUT2D eigenvalue weighted by molar-refractivity contribution is 8.00. The summed E-state index contributed by atoms with van der Waals surface area (Å²) >= 11 is 1.89. The topological polar surface area (TPSA) is 29.1 Å². The summed E-state index contributed by atoms with van der Waals surface area (Å²) in [6.45, 7) is 12.5. The van der Waals surface area contributed by atoms with Crippen molar-refractivity contribution in [3.05, 3.63) is 24.3 Å². The fourth-order valence-electron chi connectivity index (χ4n) is 1.90. The standard InChI is InChI=1S/C17H27NOS/c1-7-12-17(5,6)20-14-10-8-13(9-11-14)18-15(19)16(2,3)4/h8-11H,7,12H2,1-6H3,(H,18,19). The molecule has 2 nitrogen and oxygen atoms in total. The molecule has 3 heteroatoms. The lowest BCUT2D eigenvalue weighted by Gasteiger charge is -2.23. The van der Waals surface area contributed by atoms with Gasteiger partial charge in [-0.15, -0.1) is 11.8 Å². The van der Waals surface area contributed by atoms with Crippen molar-refractivity contribution in [1.82, 2.24) is 0 Å². The molecule has 1 aromatic rings. The molecule has 0 aliphatic heterocycles. The van der Waals surface area contributed by atoms with E-state index in [2.05, 4.69) is 38.2 Å². The first-order chi connectivity index (χ1) is 9.14. The maximum absolute atomic E-state index is 11.9. The van der Waals surface area contributed by atoms with Gasteiger partial charge in [0.25, 0.3) is 0 Å². The molecule has 0 spiro atoms. The number of anilines is 1. The normalized spacial score (nSPS) is 12.3. The quantitative estimate of drug-likeness (QED) is 0.742. The lowest BCUT2D eigenvalue weighted by atomic mass is 9.95. The van der Waals surface area contributed by atoms with Crippen LogP contribution in [0.2, 0.25) is 0 Å². The average Bonchev–Trinajstić information content (AvgIpc) is 2.29. The zero-order chi connectivity index (χ0) is 15.4. The molecule has 1 N–H and O–H groups in total. The number of carbonyl (C=O) groups is 1. The molecule has 0 aliphatic rings. The van der Waals surface area contributed by atoms with Crippen molar-refractivity contribution in [3.8, 4) is 0 Å². The van der Waals surface area contributed by atoms with Crippen molar-refractivity contribution in [3.63, 3.8) is 0 Å². The predicted octanol–water partition coefficient (Wildman–Crippen LogP) is 5.34. The smallest absolute Gasteiger partial charge is 0.229 e. The molecule has 0 unspecified atom stereocenters. The molecule has 0 saturated carbocycles. The molecule has 112 valence electrons. The van der Waals surface area contributed by atoms with Crippen molar-refractivity contribution in [2.24, 2.45) is 5.41 Å². The fourth-order valence-corrected chi connectivity index (χ4v) is 3.11. The van der Waals surface area contributed by atoms with Gasteiger partial charge < -0.3 is 5.32 Å². The van der Waals surface area contributed by atoms with Crippen molar-refractivity contribution in [1.29, 1.82) is 0 Å².